The maximum absolute atomic E-state index is 12.0. The summed E-state index contributed by atoms with van der Waals surface area (Å²) in [4.78, 5) is 17.7. The summed E-state index contributed by atoms with van der Waals surface area (Å²) in [6.45, 7) is 0. The van der Waals surface area contributed by atoms with Gasteiger partial charge in [0.15, 0.2) is 0 Å². The lowest BCUT2D eigenvalue weighted by molar-refractivity contribution is -0.119. The highest BCUT2D eigenvalue weighted by Gasteiger charge is 2.50. The van der Waals surface area contributed by atoms with Crippen molar-refractivity contribution < 1.29 is 4.79 Å². The lowest BCUT2D eigenvalue weighted by Gasteiger charge is -2.19. The second-order valence-electron chi connectivity index (χ2n) is 4.68. The zero-order valence-electron chi connectivity index (χ0n) is 9.42. The molecule has 3 atom stereocenters. The fourth-order valence-corrected chi connectivity index (χ4v) is 2.57. The molecule has 1 amide bonds. The number of anilines is 1. The Morgan fingerprint density at radius 1 is 1.65 bits per heavy atom. The van der Waals surface area contributed by atoms with Crippen molar-refractivity contribution >= 4 is 11.7 Å². The molecule has 1 fully saturated rings. The average molecular weight is 228 g/mol. The monoisotopic (exact) mass is 228 g/mol. The number of nitrogens with two attached hydrogens (primary N) is 1. The summed E-state index contributed by atoms with van der Waals surface area (Å²) >= 11 is 0. The molecule has 0 saturated heterocycles. The maximum Gasteiger partial charge on any atom is 0.245 e. The molecule has 1 aliphatic heterocycles. The molecule has 5 nitrogen and oxygen atoms in total. The van der Waals surface area contributed by atoms with Gasteiger partial charge < -0.3 is 5.73 Å². The van der Waals surface area contributed by atoms with Crippen molar-refractivity contribution in [2.75, 3.05) is 11.9 Å². The number of carbonyl (C=O) groups excluding carboxylic acids is 1. The molecule has 0 spiro atoms. The van der Waals surface area contributed by atoms with Crippen molar-refractivity contribution in [3.05, 3.63) is 23.4 Å². The van der Waals surface area contributed by atoms with E-state index in [1.807, 2.05) is 6.07 Å². The Morgan fingerprint density at radius 2 is 2.41 bits per heavy atom. The van der Waals surface area contributed by atoms with Crippen LogP contribution in [0.25, 0.3) is 0 Å². The second-order valence-corrected chi connectivity index (χ2v) is 4.68. The molecule has 1 saturated carbocycles. The lowest BCUT2D eigenvalue weighted by atomic mass is 10.1. The topological polar surface area (TPSA) is 83.0 Å². The van der Waals surface area contributed by atoms with Gasteiger partial charge in [0, 0.05) is 13.2 Å². The lowest BCUT2D eigenvalue weighted by Crippen LogP contribution is -2.42. The summed E-state index contributed by atoms with van der Waals surface area (Å²) < 4.78 is 0. The first-order valence-electron chi connectivity index (χ1n) is 5.56. The fraction of sp³-hybridized carbons (Fsp3) is 0.417. The summed E-state index contributed by atoms with van der Waals surface area (Å²) in [7, 11) is 1.69. The second kappa shape index (κ2) is 3.28. The number of aromatic nitrogens is 1. The van der Waals surface area contributed by atoms with Gasteiger partial charge in [0.25, 0.3) is 0 Å². The van der Waals surface area contributed by atoms with Crippen LogP contribution in [0.2, 0.25) is 0 Å². The molecule has 2 aliphatic rings. The van der Waals surface area contributed by atoms with Crippen LogP contribution in [-0.2, 0) is 4.79 Å². The third kappa shape index (κ3) is 1.34. The highest BCUT2D eigenvalue weighted by atomic mass is 16.2. The molecule has 17 heavy (non-hydrogen) atoms. The quantitative estimate of drug-likeness (QED) is 0.695. The molecule has 1 aromatic rings. The summed E-state index contributed by atoms with van der Waals surface area (Å²) in [5, 5.41) is 8.88. The number of nitriles is 1. The predicted octanol–water partition coefficient (Wildman–Crippen LogP) is 0.360. The third-order valence-electron chi connectivity index (χ3n) is 3.66. The molecule has 1 aromatic heterocycles. The van der Waals surface area contributed by atoms with Gasteiger partial charge in [-0.15, -0.1) is 0 Å². The predicted molar refractivity (Wildman–Crippen MR) is 61.2 cm³/mol. The van der Waals surface area contributed by atoms with E-state index in [2.05, 4.69) is 11.1 Å². The van der Waals surface area contributed by atoms with Crippen LogP contribution < -0.4 is 10.6 Å². The minimum atomic E-state index is -0.440. The minimum absolute atomic E-state index is 0.0894. The Kier molecular flexibility index (Phi) is 1.98. The molecular formula is C12H12N4O. The SMILES string of the molecule is CN1C(=O)[C@@H](N)[C@H]2C[C@H]2c2cc(C#N)cnc21. The molecule has 3 rings (SSSR count). The highest BCUT2D eigenvalue weighted by molar-refractivity contribution is 5.98. The Labute approximate surface area is 98.8 Å². The van der Waals surface area contributed by atoms with E-state index in [1.54, 1.807) is 7.05 Å². The molecule has 5 heteroatoms. The largest absolute Gasteiger partial charge is 0.320 e. The number of fused-ring (bicyclic) bond motifs is 3. The van der Waals surface area contributed by atoms with Gasteiger partial charge >= 0.3 is 0 Å². The number of pyridine rings is 1. The van der Waals surface area contributed by atoms with Gasteiger partial charge in [0.1, 0.15) is 11.9 Å². The Morgan fingerprint density at radius 3 is 3.12 bits per heavy atom. The van der Waals surface area contributed by atoms with E-state index in [4.69, 9.17) is 11.0 Å². The number of amides is 1. The molecule has 2 N–H and O–H groups in total. The van der Waals surface area contributed by atoms with Crippen molar-refractivity contribution in [2.24, 2.45) is 11.7 Å². The van der Waals surface area contributed by atoms with Crippen LogP contribution in [-0.4, -0.2) is 24.0 Å². The molecule has 0 unspecified atom stereocenters. The number of rotatable bonds is 0. The van der Waals surface area contributed by atoms with Crippen LogP contribution in [0.1, 0.15) is 23.5 Å². The van der Waals surface area contributed by atoms with E-state index in [0.29, 0.717) is 11.4 Å². The molecule has 2 heterocycles. The van der Waals surface area contributed by atoms with Gasteiger partial charge in [-0.2, -0.15) is 5.26 Å². The van der Waals surface area contributed by atoms with Crippen LogP contribution in [0.5, 0.6) is 0 Å². The van der Waals surface area contributed by atoms with E-state index in [0.717, 1.165) is 12.0 Å². The summed E-state index contributed by atoms with van der Waals surface area (Å²) in [5.74, 6) is 1.06. The standard InChI is InChI=1S/C12H12N4O/c1-16-11-9(2-6(4-13)5-15-11)7-3-8(7)10(14)12(16)17/h2,5,7-8,10H,3,14H2,1H3/t7-,8+,10+/m1/s1. The van der Waals surface area contributed by atoms with Gasteiger partial charge in [-0.3, -0.25) is 9.69 Å². The Bertz CT molecular complexity index is 548. The molecular weight excluding hydrogens is 216 g/mol. The average Bonchev–Trinajstić information content (AvgIpc) is 3.15. The number of hydrogen-bond donors (Lipinski definition) is 1. The summed E-state index contributed by atoms with van der Waals surface area (Å²) in [6, 6.07) is 3.46. The summed E-state index contributed by atoms with van der Waals surface area (Å²) in [5.41, 5.74) is 7.44. The van der Waals surface area contributed by atoms with Gasteiger partial charge in [-0.05, 0) is 29.9 Å². The molecule has 0 radical (unpaired) electrons. The Hall–Kier alpha value is -1.93. The number of carbonyl (C=O) groups is 1. The van der Waals surface area contributed by atoms with Crippen LogP contribution in [0.3, 0.4) is 0 Å². The van der Waals surface area contributed by atoms with E-state index in [-0.39, 0.29) is 17.7 Å². The van der Waals surface area contributed by atoms with E-state index < -0.39 is 6.04 Å². The van der Waals surface area contributed by atoms with Gasteiger partial charge in [-0.25, -0.2) is 4.98 Å². The molecule has 0 aromatic carbocycles. The van der Waals surface area contributed by atoms with E-state index >= 15 is 0 Å². The van der Waals surface area contributed by atoms with Crippen molar-refractivity contribution in [2.45, 2.75) is 18.4 Å². The van der Waals surface area contributed by atoms with Crippen molar-refractivity contribution in [1.29, 1.82) is 5.26 Å². The van der Waals surface area contributed by atoms with Crippen molar-refractivity contribution in [3.63, 3.8) is 0 Å². The Balaban J connectivity index is 2.15. The third-order valence-corrected chi connectivity index (χ3v) is 3.66. The number of nitrogens with zero attached hydrogens (tertiary/aromatic N) is 3. The number of hydrogen-bond acceptors (Lipinski definition) is 4. The zero-order chi connectivity index (χ0) is 12.2. The van der Waals surface area contributed by atoms with E-state index in [1.165, 1.54) is 11.1 Å². The highest BCUT2D eigenvalue weighted by Crippen LogP contribution is 2.53. The first-order chi connectivity index (χ1) is 8.13. The molecule has 0 bridgehead atoms. The number of likely N-dealkylation sites (N-methyl/N-ethyl adjacent to an activating group) is 1. The maximum atomic E-state index is 12.0. The van der Waals surface area contributed by atoms with Crippen LogP contribution in [0.15, 0.2) is 12.3 Å². The van der Waals surface area contributed by atoms with Crippen LogP contribution >= 0.6 is 0 Å². The summed E-state index contributed by atoms with van der Waals surface area (Å²) in [6.07, 6.45) is 2.42. The first-order valence-corrected chi connectivity index (χ1v) is 5.56. The fourth-order valence-electron chi connectivity index (χ4n) is 2.57. The minimum Gasteiger partial charge on any atom is -0.320 e. The van der Waals surface area contributed by atoms with Gasteiger partial charge in [-0.1, -0.05) is 0 Å². The van der Waals surface area contributed by atoms with Crippen molar-refractivity contribution in [1.82, 2.24) is 4.98 Å². The zero-order valence-corrected chi connectivity index (χ0v) is 9.42. The van der Waals surface area contributed by atoms with Gasteiger partial charge in [0.05, 0.1) is 11.6 Å². The van der Waals surface area contributed by atoms with Gasteiger partial charge in [0.2, 0.25) is 5.91 Å². The molecule has 86 valence electrons. The molecule has 1 aliphatic carbocycles. The van der Waals surface area contributed by atoms with Crippen molar-refractivity contribution in [3.8, 4) is 6.07 Å². The van der Waals surface area contributed by atoms with E-state index in [9.17, 15) is 4.79 Å². The first kappa shape index (κ1) is 10.2. The van der Waals surface area contributed by atoms with Crippen LogP contribution in [0.4, 0.5) is 5.82 Å². The normalized spacial score (nSPS) is 30.1. The van der Waals surface area contributed by atoms with Crippen LogP contribution in [0, 0.1) is 17.2 Å². The smallest absolute Gasteiger partial charge is 0.245 e.